The van der Waals surface area contributed by atoms with Crippen molar-refractivity contribution in [1.82, 2.24) is 9.55 Å². The lowest BCUT2D eigenvalue weighted by Gasteiger charge is -2.14. The Kier molecular flexibility index (Phi) is 3.40. The van der Waals surface area contributed by atoms with Crippen LogP contribution in [0.5, 0.6) is 0 Å². The molecule has 0 radical (unpaired) electrons. The fraction of sp³-hybridized carbons (Fsp3) is 0.417. The van der Waals surface area contributed by atoms with E-state index in [-0.39, 0.29) is 10.0 Å². The molecule has 0 saturated heterocycles. The smallest absolute Gasteiger partial charge is 0.302 e. The Morgan fingerprint density at radius 3 is 2.61 bits per heavy atom. The molecule has 18 heavy (non-hydrogen) atoms. The van der Waals surface area contributed by atoms with E-state index in [1.165, 1.54) is 12.1 Å². The van der Waals surface area contributed by atoms with Gasteiger partial charge in [0.25, 0.3) is 0 Å². The minimum Gasteiger partial charge on any atom is -0.331 e. The lowest BCUT2D eigenvalue weighted by molar-refractivity contribution is -0.0286. The highest BCUT2D eigenvalue weighted by molar-refractivity contribution is 9.10. The molecular weight excluding hydrogens is 309 g/mol. The number of fused-ring (bicyclic) bond motifs is 1. The van der Waals surface area contributed by atoms with Crippen LogP contribution >= 0.6 is 15.9 Å². The largest absolute Gasteiger partial charge is 0.331 e. The first-order valence-corrected chi connectivity index (χ1v) is 6.29. The predicted molar refractivity (Wildman–Crippen MR) is 67.7 cm³/mol. The molecule has 6 heteroatoms. The Morgan fingerprint density at radius 1 is 1.39 bits per heavy atom. The van der Waals surface area contributed by atoms with Gasteiger partial charge in [-0.3, -0.25) is 0 Å². The number of hydrogen-bond acceptors (Lipinski definition) is 1. The third-order valence-corrected chi connectivity index (χ3v) is 3.60. The van der Waals surface area contributed by atoms with E-state index in [1.54, 1.807) is 11.6 Å². The molecule has 0 fully saturated rings. The standard InChI is InChI=1S/C12H12BrF3N2/c1-3-11-17-9-5-8(13)7(12(15,16)6-14)4-10(9)18(11)2/h4-5H,3,6H2,1-2H3. The first kappa shape index (κ1) is 13.4. The van der Waals surface area contributed by atoms with Crippen LogP contribution in [0.1, 0.15) is 18.3 Å². The topological polar surface area (TPSA) is 17.8 Å². The molecule has 1 aromatic carbocycles. The van der Waals surface area contributed by atoms with Crippen molar-refractivity contribution < 1.29 is 13.2 Å². The van der Waals surface area contributed by atoms with Crippen molar-refractivity contribution in [2.75, 3.05) is 6.67 Å². The molecule has 0 N–H and O–H groups in total. The third kappa shape index (κ3) is 2.02. The van der Waals surface area contributed by atoms with Gasteiger partial charge >= 0.3 is 5.92 Å². The maximum Gasteiger partial charge on any atom is 0.302 e. The lowest BCUT2D eigenvalue weighted by atomic mass is 10.1. The monoisotopic (exact) mass is 320 g/mol. The zero-order valence-corrected chi connectivity index (χ0v) is 11.6. The first-order valence-electron chi connectivity index (χ1n) is 5.49. The molecule has 0 bridgehead atoms. The van der Waals surface area contributed by atoms with E-state index in [0.717, 1.165) is 5.82 Å². The van der Waals surface area contributed by atoms with Crippen LogP contribution < -0.4 is 0 Å². The van der Waals surface area contributed by atoms with Gasteiger partial charge in [0.2, 0.25) is 0 Å². The highest BCUT2D eigenvalue weighted by atomic mass is 79.9. The Hall–Kier alpha value is -1.04. The summed E-state index contributed by atoms with van der Waals surface area (Å²) in [6, 6.07) is 2.80. The van der Waals surface area contributed by atoms with E-state index in [9.17, 15) is 13.2 Å². The highest BCUT2D eigenvalue weighted by Gasteiger charge is 2.34. The fourth-order valence-corrected chi connectivity index (χ4v) is 2.55. The normalized spacial score (nSPS) is 12.3. The molecule has 0 aliphatic rings. The molecule has 1 heterocycles. The van der Waals surface area contributed by atoms with Crippen LogP contribution in [0.4, 0.5) is 13.2 Å². The molecule has 2 rings (SSSR count). The van der Waals surface area contributed by atoms with Crippen molar-refractivity contribution in [2.24, 2.45) is 7.05 Å². The third-order valence-electron chi connectivity index (χ3n) is 2.94. The second kappa shape index (κ2) is 4.57. The van der Waals surface area contributed by atoms with Crippen molar-refractivity contribution in [2.45, 2.75) is 19.3 Å². The number of hydrogen-bond donors (Lipinski definition) is 0. The second-order valence-corrected chi connectivity index (χ2v) is 4.95. The molecule has 0 spiro atoms. The van der Waals surface area contributed by atoms with Gasteiger partial charge in [-0.15, -0.1) is 0 Å². The molecule has 0 saturated carbocycles. The molecule has 0 amide bonds. The Labute approximate surface area is 111 Å². The predicted octanol–water partition coefficient (Wildman–Crippen LogP) is 3.96. The molecule has 0 aliphatic carbocycles. The van der Waals surface area contributed by atoms with Gasteiger partial charge in [0.05, 0.1) is 11.0 Å². The Balaban J connectivity index is 2.71. The van der Waals surface area contributed by atoms with Crippen molar-refractivity contribution >= 4 is 27.0 Å². The first-order chi connectivity index (χ1) is 8.40. The van der Waals surface area contributed by atoms with Crippen LogP contribution in [-0.4, -0.2) is 16.2 Å². The van der Waals surface area contributed by atoms with Crippen molar-refractivity contribution in [1.29, 1.82) is 0 Å². The van der Waals surface area contributed by atoms with E-state index < -0.39 is 12.6 Å². The quantitative estimate of drug-likeness (QED) is 0.837. The van der Waals surface area contributed by atoms with E-state index in [1.807, 2.05) is 6.92 Å². The number of aromatic nitrogens is 2. The molecule has 0 unspecified atom stereocenters. The number of aryl methyl sites for hydroxylation is 2. The zero-order chi connectivity index (χ0) is 13.5. The van der Waals surface area contributed by atoms with Crippen LogP contribution in [0.25, 0.3) is 11.0 Å². The maximum absolute atomic E-state index is 13.5. The van der Waals surface area contributed by atoms with Crippen LogP contribution in [0.2, 0.25) is 0 Å². The fourth-order valence-electron chi connectivity index (χ4n) is 1.93. The summed E-state index contributed by atoms with van der Waals surface area (Å²) >= 11 is 3.05. The van der Waals surface area contributed by atoms with Gasteiger partial charge in [-0.25, -0.2) is 9.37 Å². The number of rotatable bonds is 3. The summed E-state index contributed by atoms with van der Waals surface area (Å²) in [5.74, 6) is -2.68. The molecular formula is C12H12BrF3N2. The maximum atomic E-state index is 13.5. The van der Waals surface area contributed by atoms with Crippen LogP contribution in [0.3, 0.4) is 0 Å². The van der Waals surface area contributed by atoms with Crippen molar-refractivity contribution in [3.63, 3.8) is 0 Å². The van der Waals surface area contributed by atoms with Gasteiger partial charge in [-0.1, -0.05) is 22.9 Å². The average molecular weight is 321 g/mol. The van der Waals surface area contributed by atoms with Crippen molar-refractivity contribution in [3.8, 4) is 0 Å². The summed E-state index contributed by atoms with van der Waals surface area (Å²) in [4.78, 5) is 4.33. The van der Waals surface area contributed by atoms with Crippen molar-refractivity contribution in [3.05, 3.63) is 28.0 Å². The van der Waals surface area contributed by atoms with E-state index in [0.29, 0.717) is 17.5 Å². The van der Waals surface area contributed by atoms with Gasteiger partial charge < -0.3 is 4.57 Å². The SMILES string of the molecule is CCc1nc2cc(Br)c(C(F)(F)CF)cc2n1C. The van der Waals surface area contributed by atoms with E-state index in [2.05, 4.69) is 20.9 Å². The summed E-state index contributed by atoms with van der Waals surface area (Å²) in [7, 11) is 1.76. The second-order valence-electron chi connectivity index (χ2n) is 4.10. The number of imidazole rings is 1. The average Bonchev–Trinajstić information content (AvgIpc) is 2.64. The summed E-state index contributed by atoms with van der Waals surface area (Å²) in [6.45, 7) is 0.225. The molecule has 0 aliphatic heterocycles. The molecule has 2 nitrogen and oxygen atoms in total. The number of benzene rings is 1. The van der Waals surface area contributed by atoms with Gasteiger partial charge in [-0.05, 0) is 12.1 Å². The Morgan fingerprint density at radius 2 is 2.06 bits per heavy atom. The summed E-state index contributed by atoms with van der Waals surface area (Å²) in [6.07, 6.45) is 0.706. The molecule has 98 valence electrons. The molecule has 2 aromatic rings. The Bertz CT molecular complexity index is 593. The highest BCUT2D eigenvalue weighted by Crippen LogP contribution is 2.36. The van der Waals surface area contributed by atoms with E-state index >= 15 is 0 Å². The van der Waals surface area contributed by atoms with Gasteiger partial charge in [-0.2, -0.15) is 8.78 Å². The number of nitrogens with zero attached hydrogens (tertiary/aromatic N) is 2. The summed E-state index contributed by atoms with van der Waals surface area (Å²) < 4.78 is 41.3. The molecule has 0 atom stereocenters. The lowest BCUT2D eigenvalue weighted by Crippen LogP contribution is -2.16. The summed E-state index contributed by atoms with van der Waals surface area (Å²) in [5, 5.41) is 0. The van der Waals surface area contributed by atoms with Crippen LogP contribution in [-0.2, 0) is 19.4 Å². The zero-order valence-electron chi connectivity index (χ0n) is 9.98. The molecule has 1 aromatic heterocycles. The minimum absolute atomic E-state index is 0.179. The van der Waals surface area contributed by atoms with Gasteiger partial charge in [0.15, 0.2) is 6.67 Å². The van der Waals surface area contributed by atoms with Crippen LogP contribution in [0, 0.1) is 0 Å². The minimum atomic E-state index is -3.48. The number of alkyl halides is 3. The van der Waals surface area contributed by atoms with Gasteiger partial charge in [0.1, 0.15) is 5.82 Å². The number of halogens is 4. The summed E-state index contributed by atoms with van der Waals surface area (Å²) in [5.41, 5.74) is 0.862. The van der Waals surface area contributed by atoms with E-state index in [4.69, 9.17) is 0 Å². The van der Waals surface area contributed by atoms with Crippen LogP contribution in [0.15, 0.2) is 16.6 Å². The van der Waals surface area contributed by atoms with Gasteiger partial charge in [0, 0.05) is 23.5 Å².